The maximum Gasteiger partial charge on any atom is 0.224 e. The van der Waals surface area contributed by atoms with Gasteiger partial charge in [0.2, 0.25) is 5.91 Å². The first-order chi connectivity index (χ1) is 12.2. The molecule has 5 heteroatoms. The first-order valence-electron chi connectivity index (χ1n) is 9.02. The Morgan fingerprint density at radius 3 is 2.46 bits per heavy atom. The van der Waals surface area contributed by atoms with Crippen LogP contribution in [-0.4, -0.2) is 15.7 Å². The predicted molar refractivity (Wildman–Crippen MR) is 104 cm³/mol. The lowest BCUT2D eigenvalue weighted by molar-refractivity contribution is -0.116. The van der Waals surface area contributed by atoms with Gasteiger partial charge in [-0.25, -0.2) is 0 Å². The summed E-state index contributed by atoms with van der Waals surface area (Å²) < 4.78 is 1.86. The molecule has 0 unspecified atom stereocenters. The van der Waals surface area contributed by atoms with Crippen LogP contribution >= 0.6 is 0 Å². The van der Waals surface area contributed by atoms with E-state index < -0.39 is 0 Å². The Labute approximate surface area is 156 Å². The number of benzene rings is 1. The van der Waals surface area contributed by atoms with Crippen molar-refractivity contribution in [3.05, 3.63) is 46.8 Å². The number of rotatable bonds is 6. The van der Waals surface area contributed by atoms with Gasteiger partial charge in [0.15, 0.2) is 0 Å². The molecule has 5 nitrogen and oxygen atoms in total. The fourth-order valence-corrected chi connectivity index (χ4v) is 2.99. The number of hydrogen-bond donors (Lipinski definition) is 1. The zero-order chi connectivity index (χ0) is 19.3. The van der Waals surface area contributed by atoms with Crippen molar-refractivity contribution in [2.45, 2.75) is 65.8 Å². The number of aromatic nitrogens is 2. The molecule has 0 aliphatic carbocycles. The van der Waals surface area contributed by atoms with Crippen LogP contribution in [0.25, 0.3) is 0 Å². The van der Waals surface area contributed by atoms with Gasteiger partial charge in [0.25, 0.3) is 0 Å². The van der Waals surface area contributed by atoms with Gasteiger partial charge in [0, 0.05) is 17.8 Å². The van der Waals surface area contributed by atoms with Crippen molar-refractivity contribution in [3.63, 3.8) is 0 Å². The van der Waals surface area contributed by atoms with E-state index in [4.69, 9.17) is 5.26 Å². The van der Waals surface area contributed by atoms with E-state index in [1.165, 1.54) is 5.56 Å². The Bertz CT molecular complexity index is 804. The normalized spacial score (nSPS) is 11.2. The van der Waals surface area contributed by atoms with E-state index in [1.54, 1.807) is 0 Å². The molecule has 1 aromatic heterocycles. The van der Waals surface area contributed by atoms with E-state index in [1.807, 2.05) is 30.7 Å². The number of nitrogens with zero attached hydrogens (tertiary/aromatic N) is 3. The summed E-state index contributed by atoms with van der Waals surface area (Å²) in [6.45, 7) is 11.0. The summed E-state index contributed by atoms with van der Waals surface area (Å²) in [5.41, 5.74) is 5.24. The van der Waals surface area contributed by atoms with E-state index in [0.717, 1.165) is 22.6 Å². The molecule has 0 radical (unpaired) electrons. The van der Waals surface area contributed by atoms with E-state index in [9.17, 15) is 4.79 Å². The number of aryl methyl sites for hydroxylation is 2. The average Bonchev–Trinajstić information content (AvgIpc) is 2.84. The Hall–Kier alpha value is -2.61. The molecule has 26 heavy (non-hydrogen) atoms. The molecule has 0 aliphatic heterocycles. The van der Waals surface area contributed by atoms with Crippen LogP contribution < -0.4 is 5.32 Å². The van der Waals surface area contributed by atoms with Crippen molar-refractivity contribution >= 4 is 11.6 Å². The van der Waals surface area contributed by atoms with E-state index >= 15 is 0 Å². The summed E-state index contributed by atoms with van der Waals surface area (Å²) >= 11 is 0. The first-order valence-corrected chi connectivity index (χ1v) is 9.02. The van der Waals surface area contributed by atoms with Gasteiger partial charge >= 0.3 is 0 Å². The molecule has 2 aromatic rings. The Morgan fingerprint density at radius 2 is 1.88 bits per heavy atom. The Morgan fingerprint density at radius 1 is 1.23 bits per heavy atom. The molecule has 0 atom stereocenters. The van der Waals surface area contributed by atoms with Crippen LogP contribution in [0.1, 0.15) is 56.1 Å². The molecule has 1 heterocycles. The second-order valence-electron chi connectivity index (χ2n) is 7.66. The lowest BCUT2D eigenvalue weighted by atomic mass is 9.87. The summed E-state index contributed by atoms with van der Waals surface area (Å²) in [5.74, 6) is -0.00270. The third-order valence-electron chi connectivity index (χ3n) is 4.60. The molecule has 0 spiro atoms. The van der Waals surface area contributed by atoms with Gasteiger partial charge in [0.1, 0.15) is 0 Å². The molecule has 0 saturated heterocycles. The fraction of sp³-hybridized carbons (Fsp3) is 0.476. The summed E-state index contributed by atoms with van der Waals surface area (Å²) in [6.07, 6.45) is 1.50. The fourth-order valence-electron chi connectivity index (χ4n) is 2.99. The van der Waals surface area contributed by atoms with Crippen molar-refractivity contribution < 1.29 is 4.79 Å². The minimum absolute atomic E-state index is 0.00270. The molecule has 1 N–H and O–H groups in total. The summed E-state index contributed by atoms with van der Waals surface area (Å²) in [7, 11) is 0. The molecule has 1 amide bonds. The van der Waals surface area contributed by atoms with Crippen LogP contribution in [0.5, 0.6) is 0 Å². The van der Waals surface area contributed by atoms with Gasteiger partial charge in [-0.3, -0.25) is 9.48 Å². The van der Waals surface area contributed by atoms with Crippen LogP contribution in [0.4, 0.5) is 5.69 Å². The van der Waals surface area contributed by atoms with Crippen LogP contribution in [0.15, 0.2) is 24.3 Å². The highest BCUT2D eigenvalue weighted by atomic mass is 16.1. The zero-order valence-electron chi connectivity index (χ0n) is 16.4. The topological polar surface area (TPSA) is 70.7 Å². The molecule has 138 valence electrons. The molecular weight excluding hydrogens is 324 g/mol. The molecule has 2 rings (SSSR count). The van der Waals surface area contributed by atoms with Crippen LogP contribution in [-0.2, 0) is 23.2 Å². The van der Waals surface area contributed by atoms with E-state index in [-0.39, 0.29) is 11.3 Å². The highest BCUT2D eigenvalue weighted by Gasteiger charge is 2.15. The van der Waals surface area contributed by atoms with Gasteiger partial charge in [0.05, 0.1) is 24.7 Å². The van der Waals surface area contributed by atoms with Crippen LogP contribution in [0.3, 0.4) is 0 Å². The minimum Gasteiger partial charge on any atom is -0.326 e. The number of amides is 1. The number of nitriles is 1. The third kappa shape index (κ3) is 4.95. The quantitative estimate of drug-likeness (QED) is 0.843. The highest BCUT2D eigenvalue weighted by molar-refractivity contribution is 5.90. The molecule has 0 aliphatic rings. The molecule has 1 aromatic carbocycles. The highest BCUT2D eigenvalue weighted by Crippen LogP contribution is 2.23. The second-order valence-corrected chi connectivity index (χ2v) is 7.66. The largest absolute Gasteiger partial charge is 0.326 e. The van der Waals surface area contributed by atoms with Crippen molar-refractivity contribution in [2.75, 3.05) is 5.32 Å². The SMILES string of the molecule is Cc1nn(CCC#N)c(C)c1CCC(=O)Nc1ccc(C(C)(C)C)cc1. The summed E-state index contributed by atoms with van der Waals surface area (Å²) in [5, 5.41) is 16.2. The van der Waals surface area contributed by atoms with E-state index in [0.29, 0.717) is 25.8 Å². The number of carbonyl (C=O) groups excluding carboxylic acids is 1. The number of hydrogen-bond acceptors (Lipinski definition) is 3. The average molecular weight is 352 g/mol. The van der Waals surface area contributed by atoms with Gasteiger partial charge in [-0.2, -0.15) is 10.4 Å². The molecule has 0 saturated carbocycles. The van der Waals surface area contributed by atoms with Crippen molar-refractivity contribution in [1.82, 2.24) is 9.78 Å². The van der Waals surface area contributed by atoms with Gasteiger partial charge in [-0.05, 0) is 48.9 Å². The molecular formula is C21H28N4O. The Kier molecular flexibility index (Phi) is 6.20. The Balaban J connectivity index is 1.95. The number of anilines is 1. The zero-order valence-corrected chi connectivity index (χ0v) is 16.4. The van der Waals surface area contributed by atoms with Gasteiger partial charge in [-0.1, -0.05) is 32.9 Å². The predicted octanol–water partition coefficient (Wildman–Crippen LogP) is 4.28. The van der Waals surface area contributed by atoms with E-state index in [2.05, 4.69) is 49.4 Å². The van der Waals surface area contributed by atoms with Crippen molar-refractivity contribution in [1.29, 1.82) is 5.26 Å². The van der Waals surface area contributed by atoms with Crippen molar-refractivity contribution in [2.24, 2.45) is 0 Å². The number of carbonyl (C=O) groups is 1. The standard InChI is InChI=1S/C21H28N4O/c1-15-19(16(2)25(24-15)14-6-13-22)11-12-20(26)23-18-9-7-17(8-10-18)21(3,4)5/h7-10H,6,11-12,14H2,1-5H3,(H,23,26). The van der Waals surface area contributed by atoms with Gasteiger partial charge in [-0.15, -0.1) is 0 Å². The second kappa shape index (κ2) is 8.18. The summed E-state index contributed by atoms with van der Waals surface area (Å²) in [4.78, 5) is 12.3. The molecule has 0 bridgehead atoms. The van der Waals surface area contributed by atoms with Crippen LogP contribution in [0.2, 0.25) is 0 Å². The molecule has 0 fully saturated rings. The third-order valence-corrected chi connectivity index (χ3v) is 4.60. The monoisotopic (exact) mass is 352 g/mol. The smallest absolute Gasteiger partial charge is 0.224 e. The maximum absolute atomic E-state index is 12.3. The lowest BCUT2D eigenvalue weighted by Gasteiger charge is -2.19. The van der Waals surface area contributed by atoms with Gasteiger partial charge < -0.3 is 5.32 Å². The van der Waals surface area contributed by atoms with Crippen molar-refractivity contribution in [3.8, 4) is 6.07 Å². The number of nitrogens with one attached hydrogen (secondary N) is 1. The first kappa shape index (κ1) is 19.7. The lowest BCUT2D eigenvalue weighted by Crippen LogP contribution is -2.14. The van der Waals surface area contributed by atoms with Crippen LogP contribution in [0, 0.1) is 25.2 Å². The minimum atomic E-state index is -0.00270. The summed E-state index contributed by atoms with van der Waals surface area (Å²) in [6, 6.07) is 10.2. The maximum atomic E-state index is 12.3.